The number of hydrogen-bond donors (Lipinski definition) is 3. The number of alkyl carbamates (subject to hydrolysis) is 1. The second-order valence-corrected chi connectivity index (χ2v) is 4.74. The molecule has 1 fully saturated rings. The molecule has 0 aromatic carbocycles. The molecule has 2 rings (SSSR count). The average Bonchev–Trinajstić information content (AvgIpc) is 2.95. The number of carbonyl (C=O) groups is 1. The molecular formula is C12H20N4O2. The van der Waals surface area contributed by atoms with Crippen LogP contribution >= 0.6 is 0 Å². The first-order chi connectivity index (χ1) is 8.69. The van der Waals surface area contributed by atoms with E-state index in [-0.39, 0.29) is 12.1 Å². The van der Waals surface area contributed by atoms with E-state index in [1.54, 1.807) is 0 Å². The highest BCUT2D eigenvalue weighted by Crippen LogP contribution is 2.33. The lowest BCUT2D eigenvalue weighted by atomic mass is 10.0. The minimum atomic E-state index is -0.313. The number of nitrogens with one attached hydrogen (secondary N) is 2. The van der Waals surface area contributed by atoms with Gasteiger partial charge in [-0.25, -0.2) is 4.79 Å². The Balaban J connectivity index is 1.80. The standard InChI is InChI=1S/C12H20N4O2/c1-2-5-18-12(17)14-9-4-3-8(6-9)10-7-11(13)16-15-10/h7-9H,2-6H2,1H3,(H,14,17)(H3,13,15,16). The first-order valence-electron chi connectivity index (χ1n) is 6.43. The number of rotatable bonds is 4. The monoisotopic (exact) mass is 252 g/mol. The molecule has 0 bridgehead atoms. The van der Waals surface area contributed by atoms with Crippen molar-refractivity contribution in [3.63, 3.8) is 0 Å². The Labute approximate surface area is 106 Å². The van der Waals surface area contributed by atoms with E-state index in [4.69, 9.17) is 10.5 Å². The lowest BCUT2D eigenvalue weighted by molar-refractivity contribution is 0.142. The maximum absolute atomic E-state index is 11.4. The second-order valence-electron chi connectivity index (χ2n) is 4.74. The molecule has 2 atom stereocenters. The SMILES string of the molecule is CCCOC(=O)NC1CCC(c2cc(N)n[nH]2)C1. The second kappa shape index (κ2) is 5.75. The molecule has 1 heterocycles. The molecule has 18 heavy (non-hydrogen) atoms. The van der Waals surface area contributed by atoms with Crippen molar-refractivity contribution in [2.24, 2.45) is 0 Å². The van der Waals surface area contributed by atoms with Crippen molar-refractivity contribution in [2.75, 3.05) is 12.3 Å². The number of nitrogen functional groups attached to an aromatic ring is 1. The van der Waals surface area contributed by atoms with Gasteiger partial charge in [0.1, 0.15) is 5.82 Å². The summed E-state index contributed by atoms with van der Waals surface area (Å²) >= 11 is 0. The number of hydrogen-bond acceptors (Lipinski definition) is 4. The summed E-state index contributed by atoms with van der Waals surface area (Å²) < 4.78 is 5.01. The molecule has 1 saturated carbocycles. The number of nitrogens with zero attached hydrogens (tertiary/aromatic N) is 1. The Morgan fingerprint density at radius 3 is 3.17 bits per heavy atom. The summed E-state index contributed by atoms with van der Waals surface area (Å²) in [6.07, 6.45) is 3.42. The molecule has 1 aromatic rings. The van der Waals surface area contributed by atoms with Crippen LogP contribution in [0.1, 0.15) is 44.2 Å². The zero-order chi connectivity index (χ0) is 13.0. The van der Waals surface area contributed by atoms with Gasteiger partial charge in [0.25, 0.3) is 0 Å². The van der Waals surface area contributed by atoms with Crippen LogP contribution in [0.3, 0.4) is 0 Å². The average molecular weight is 252 g/mol. The summed E-state index contributed by atoms with van der Waals surface area (Å²) in [5.74, 6) is 0.912. The van der Waals surface area contributed by atoms with Crippen molar-refractivity contribution in [1.29, 1.82) is 0 Å². The number of carbonyl (C=O) groups excluding carboxylic acids is 1. The van der Waals surface area contributed by atoms with Crippen LogP contribution in [0.4, 0.5) is 10.6 Å². The lowest BCUT2D eigenvalue weighted by Gasteiger charge is -2.12. The van der Waals surface area contributed by atoms with Gasteiger partial charge in [-0.2, -0.15) is 5.10 Å². The van der Waals surface area contributed by atoms with Crippen molar-refractivity contribution in [1.82, 2.24) is 15.5 Å². The topological polar surface area (TPSA) is 93.0 Å². The normalized spacial score (nSPS) is 22.9. The number of nitrogens with two attached hydrogens (primary N) is 1. The van der Waals surface area contributed by atoms with Crippen LogP contribution in [0, 0.1) is 0 Å². The summed E-state index contributed by atoms with van der Waals surface area (Å²) in [6.45, 7) is 2.45. The molecule has 1 aliphatic rings. The van der Waals surface area contributed by atoms with E-state index in [9.17, 15) is 4.79 Å². The zero-order valence-corrected chi connectivity index (χ0v) is 10.6. The summed E-state index contributed by atoms with van der Waals surface area (Å²) in [4.78, 5) is 11.4. The smallest absolute Gasteiger partial charge is 0.407 e. The number of aromatic nitrogens is 2. The van der Waals surface area contributed by atoms with Gasteiger partial charge in [0.05, 0.1) is 6.61 Å². The Kier molecular flexibility index (Phi) is 4.07. The summed E-state index contributed by atoms with van der Waals surface area (Å²) in [5, 5.41) is 9.76. The molecule has 4 N–H and O–H groups in total. The Hall–Kier alpha value is -1.72. The third-order valence-corrected chi connectivity index (χ3v) is 3.25. The van der Waals surface area contributed by atoms with Crippen LogP contribution in [0.15, 0.2) is 6.07 Å². The summed E-state index contributed by atoms with van der Waals surface area (Å²) in [5.41, 5.74) is 6.64. The number of amides is 1. The molecule has 6 heteroatoms. The van der Waals surface area contributed by atoms with E-state index >= 15 is 0 Å². The quantitative estimate of drug-likeness (QED) is 0.761. The van der Waals surface area contributed by atoms with Crippen LogP contribution in [0.2, 0.25) is 0 Å². The van der Waals surface area contributed by atoms with Gasteiger partial charge in [0.2, 0.25) is 0 Å². The number of H-pyrrole nitrogens is 1. The first kappa shape index (κ1) is 12.7. The highest BCUT2D eigenvalue weighted by Gasteiger charge is 2.28. The molecule has 0 radical (unpaired) electrons. The van der Waals surface area contributed by atoms with E-state index in [1.807, 2.05) is 13.0 Å². The Morgan fingerprint density at radius 2 is 2.50 bits per heavy atom. The Morgan fingerprint density at radius 1 is 1.67 bits per heavy atom. The largest absolute Gasteiger partial charge is 0.450 e. The van der Waals surface area contributed by atoms with E-state index in [0.29, 0.717) is 18.3 Å². The zero-order valence-electron chi connectivity index (χ0n) is 10.6. The number of anilines is 1. The van der Waals surface area contributed by atoms with Crippen LogP contribution in [-0.4, -0.2) is 28.9 Å². The molecule has 0 aliphatic heterocycles. The number of ether oxygens (including phenoxy) is 1. The molecule has 6 nitrogen and oxygen atoms in total. The fraction of sp³-hybridized carbons (Fsp3) is 0.667. The van der Waals surface area contributed by atoms with Crippen molar-refractivity contribution in [3.05, 3.63) is 11.8 Å². The van der Waals surface area contributed by atoms with Crippen LogP contribution in [0.25, 0.3) is 0 Å². The van der Waals surface area contributed by atoms with Gasteiger partial charge >= 0.3 is 6.09 Å². The summed E-state index contributed by atoms with van der Waals surface area (Å²) in [6, 6.07) is 2.05. The minimum Gasteiger partial charge on any atom is -0.450 e. The van der Waals surface area contributed by atoms with Crippen LogP contribution < -0.4 is 11.1 Å². The highest BCUT2D eigenvalue weighted by molar-refractivity contribution is 5.67. The predicted molar refractivity (Wildman–Crippen MR) is 68.2 cm³/mol. The summed E-state index contributed by atoms with van der Waals surface area (Å²) in [7, 11) is 0. The molecular weight excluding hydrogens is 232 g/mol. The van der Waals surface area contributed by atoms with Crippen LogP contribution in [-0.2, 0) is 4.74 Å². The molecule has 0 saturated heterocycles. The van der Waals surface area contributed by atoms with Gasteiger partial charge in [-0.3, -0.25) is 5.10 Å². The first-order valence-corrected chi connectivity index (χ1v) is 6.43. The van der Waals surface area contributed by atoms with E-state index in [2.05, 4.69) is 15.5 Å². The van der Waals surface area contributed by atoms with Crippen molar-refractivity contribution in [2.45, 2.75) is 44.6 Å². The molecule has 2 unspecified atom stereocenters. The molecule has 1 amide bonds. The van der Waals surface area contributed by atoms with E-state index in [1.165, 1.54) is 0 Å². The predicted octanol–water partition coefficient (Wildman–Crippen LogP) is 1.76. The Bertz CT molecular complexity index is 405. The van der Waals surface area contributed by atoms with Crippen molar-refractivity contribution in [3.8, 4) is 0 Å². The maximum atomic E-state index is 11.4. The van der Waals surface area contributed by atoms with Gasteiger partial charge in [-0.1, -0.05) is 6.92 Å². The molecule has 0 spiro atoms. The van der Waals surface area contributed by atoms with E-state index < -0.39 is 0 Å². The van der Waals surface area contributed by atoms with E-state index in [0.717, 1.165) is 31.4 Å². The number of aromatic amines is 1. The molecule has 1 aromatic heterocycles. The molecule has 1 aliphatic carbocycles. The fourth-order valence-electron chi connectivity index (χ4n) is 2.36. The fourth-order valence-corrected chi connectivity index (χ4v) is 2.36. The maximum Gasteiger partial charge on any atom is 0.407 e. The van der Waals surface area contributed by atoms with Gasteiger partial charge in [-0.15, -0.1) is 0 Å². The molecule has 100 valence electrons. The van der Waals surface area contributed by atoms with Crippen molar-refractivity contribution < 1.29 is 9.53 Å². The van der Waals surface area contributed by atoms with Crippen molar-refractivity contribution >= 4 is 11.9 Å². The highest BCUT2D eigenvalue weighted by atomic mass is 16.5. The van der Waals surface area contributed by atoms with Gasteiger partial charge in [0, 0.05) is 23.7 Å². The third-order valence-electron chi connectivity index (χ3n) is 3.25. The lowest BCUT2D eigenvalue weighted by Crippen LogP contribution is -2.33. The van der Waals surface area contributed by atoms with Gasteiger partial charge in [-0.05, 0) is 25.7 Å². The van der Waals surface area contributed by atoms with Crippen LogP contribution in [0.5, 0.6) is 0 Å². The van der Waals surface area contributed by atoms with Gasteiger partial charge in [0.15, 0.2) is 0 Å². The van der Waals surface area contributed by atoms with Gasteiger partial charge < -0.3 is 15.8 Å². The minimum absolute atomic E-state index is 0.184. The third kappa shape index (κ3) is 3.15.